The van der Waals surface area contributed by atoms with Gasteiger partial charge in [-0.1, -0.05) is 15.9 Å². The SMILES string of the molecule is Cc1nc(-c2ccc(CCNC(=O)C34CC5CC(CC(Br)(C5)C3)C4)s2)cs1. The molecule has 4 saturated carbocycles. The number of nitrogens with one attached hydrogen (secondary N) is 1. The van der Waals surface area contributed by atoms with Crippen LogP contribution in [0.3, 0.4) is 0 Å². The number of aryl methyl sites for hydroxylation is 1. The lowest BCUT2D eigenvalue weighted by molar-refractivity contribution is -0.143. The largest absolute Gasteiger partial charge is 0.355 e. The van der Waals surface area contributed by atoms with Gasteiger partial charge >= 0.3 is 0 Å². The van der Waals surface area contributed by atoms with Gasteiger partial charge in [-0.3, -0.25) is 4.79 Å². The summed E-state index contributed by atoms with van der Waals surface area (Å²) in [6, 6.07) is 4.34. The van der Waals surface area contributed by atoms with Crippen LogP contribution < -0.4 is 5.32 Å². The molecule has 1 amide bonds. The van der Waals surface area contributed by atoms with Crippen LogP contribution in [0, 0.1) is 24.2 Å². The summed E-state index contributed by atoms with van der Waals surface area (Å²) in [6.07, 6.45) is 8.03. The Morgan fingerprint density at radius 1 is 1.30 bits per heavy atom. The Bertz CT molecular complexity index is 859. The molecule has 2 aromatic heterocycles. The fourth-order valence-corrected chi connectivity index (χ4v) is 9.14. The van der Waals surface area contributed by atoms with Gasteiger partial charge in [0, 0.05) is 21.1 Å². The summed E-state index contributed by atoms with van der Waals surface area (Å²) in [6.45, 7) is 2.78. The summed E-state index contributed by atoms with van der Waals surface area (Å²) in [5.41, 5.74) is 0.973. The molecule has 0 radical (unpaired) electrons. The van der Waals surface area contributed by atoms with Crippen molar-refractivity contribution in [3.8, 4) is 10.6 Å². The van der Waals surface area contributed by atoms with Gasteiger partial charge in [-0.15, -0.1) is 22.7 Å². The lowest BCUT2D eigenvalue weighted by Gasteiger charge is -2.59. The number of hydrogen-bond acceptors (Lipinski definition) is 4. The van der Waals surface area contributed by atoms with Gasteiger partial charge in [0.05, 0.1) is 21.0 Å². The molecule has 0 spiro atoms. The topological polar surface area (TPSA) is 42.0 Å². The Hall–Kier alpha value is -0.720. The number of alkyl halides is 1. The van der Waals surface area contributed by atoms with E-state index in [-0.39, 0.29) is 9.74 Å². The maximum absolute atomic E-state index is 13.1. The molecular weight excluding hydrogens is 440 g/mol. The van der Waals surface area contributed by atoms with Crippen molar-refractivity contribution < 1.29 is 4.79 Å². The molecular formula is C21H25BrN2OS2. The molecule has 0 saturated heterocycles. The van der Waals surface area contributed by atoms with E-state index in [1.165, 1.54) is 29.0 Å². The van der Waals surface area contributed by atoms with Gasteiger partial charge in [-0.25, -0.2) is 4.98 Å². The lowest BCUT2D eigenvalue weighted by atomic mass is 9.49. The van der Waals surface area contributed by atoms with Crippen LogP contribution in [0.2, 0.25) is 0 Å². The Morgan fingerprint density at radius 2 is 2.07 bits per heavy atom. The van der Waals surface area contributed by atoms with Gasteiger partial charge < -0.3 is 5.32 Å². The van der Waals surface area contributed by atoms with Crippen LogP contribution in [0.1, 0.15) is 48.4 Å². The highest BCUT2D eigenvalue weighted by molar-refractivity contribution is 9.10. The van der Waals surface area contributed by atoms with Gasteiger partial charge in [0.1, 0.15) is 0 Å². The molecule has 1 N–H and O–H groups in total. The highest BCUT2D eigenvalue weighted by Gasteiger charge is 2.59. The molecule has 4 aliphatic carbocycles. The van der Waals surface area contributed by atoms with Crippen molar-refractivity contribution in [1.29, 1.82) is 0 Å². The normalized spacial score (nSPS) is 34.1. The zero-order valence-corrected chi connectivity index (χ0v) is 18.8. The molecule has 2 atom stereocenters. The fourth-order valence-electron chi connectivity index (χ4n) is 6.03. The lowest BCUT2D eigenvalue weighted by Crippen LogP contribution is -2.58. The minimum absolute atomic E-state index is 0.105. The van der Waals surface area contributed by atoms with Crippen molar-refractivity contribution in [3.05, 3.63) is 27.4 Å². The van der Waals surface area contributed by atoms with Crippen molar-refractivity contribution in [2.45, 2.75) is 56.2 Å². The first kappa shape index (κ1) is 18.3. The quantitative estimate of drug-likeness (QED) is 0.587. The van der Waals surface area contributed by atoms with Crippen LogP contribution in [-0.4, -0.2) is 21.8 Å². The molecule has 3 nitrogen and oxygen atoms in total. The van der Waals surface area contributed by atoms with Crippen molar-refractivity contribution >= 4 is 44.5 Å². The van der Waals surface area contributed by atoms with Crippen molar-refractivity contribution in [2.24, 2.45) is 17.3 Å². The van der Waals surface area contributed by atoms with Crippen LogP contribution in [-0.2, 0) is 11.2 Å². The second-order valence-corrected chi connectivity index (χ2v) is 12.8. The molecule has 6 rings (SSSR count). The monoisotopic (exact) mass is 464 g/mol. The molecule has 6 heteroatoms. The Morgan fingerprint density at radius 3 is 2.74 bits per heavy atom. The zero-order valence-electron chi connectivity index (χ0n) is 15.6. The number of rotatable bonds is 5. The van der Waals surface area contributed by atoms with E-state index in [2.05, 4.69) is 43.7 Å². The van der Waals surface area contributed by atoms with Crippen molar-refractivity contribution in [1.82, 2.24) is 10.3 Å². The second kappa shape index (κ2) is 6.67. The second-order valence-electron chi connectivity index (χ2n) is 8.92. The molecule has 0 aromatic carbocycles. The Kier molecular flexibility index (Phi) is 4.52. The minimum atomic E-state index is -0.105. The number of thiophene rings is 1. The third-order valence-electron chi connectivity index (χ3n) is 6.66. The van der Waals surface area contributed by atoms with Crippen molar-refractivity contribution in [3.63, 3.8) is 0 Å². The van der Waals surface area contributed by atoms with E-state index in [1.807, 2.05) is 6.92 Å². The third kappa shape index (κ3) is 3.42. The van der Waals surface area contributed by atoms with E-state index in [4.69, 9.17) is 0 Å². The number of halogens is 1. The number of thiazole rings is 1. The number of nitrogens with zero attached hydrogens (tertiary/aromatic N) is 1. The molecule has 27 heavy (non-hydrogen) atoms. The average molecular weight is 465 g/mol. The predicted molar refractivity (Wildman–Crippen MR) is 116 cm³/mol. The van der Waals surface area contributed by atoms with Gasteiger partial charge in [0.15, 0.2) is 0 Å². The molecule has 2 heterocycles. The zero-order chi connectivity index (χ0) is 18.6. The molecule has 0 aliphatic heterocycles. The van der Waals surface area contributed by atoms with E-state index in [0.717, 1.165) is 54.8 Å². The number of carbonyl (C=O) groups is 1. The summed E-state index contributed by atoms with van der Waals surface area (Å²) >= 11 is 7.50. The third-order valence-corrected chi connectivity index (χ3v) is 9.53. The molecule has 144 valence electrons. The van der Waals surface area contributed by atoms with Gasteiger partial charge in [-0.2, -0.15) is 0 Å². The van der Waals surface area contributed by atoms with Crippen LogP contribution in [0.4, 0.5) is 0 Å². The molecule has 4 aliphatic rings. The molecule has 4 fully saturated rings. The van der Waals surface area contributed by atoms with E-state index in [9.17, 15) is 4.79 Å². The summed E-state index contributed by atoms with van der Waals surface area (Å²) < 4.78 is 0.239. The van der Waals surface area contributed by atoms with Gasteiger partial charge in [0.25, 0.3) is 0 Å². The Labute approximate surface area is 177 Å². The van der Waals surface area contributed by atoms with Crippen LogP contribution in [0.15, 0.2) is 17.5 Å². The van der Waals surface area contributed by atoms with E-state index in [0.29, 0.717) is 5.91 Å². The first-order valence-corrected chi connectivity index (χ1v) is 12.4. The summed E-state index contributed by atoms with van der Waals surface area (Å²) in [5, 5.41) is 6.52. The summed E-state index contributed by atoms with van der Waals surface area (Å²) in [5.74, 6) is 1.81. The van der Waals surface area contributed by atoms with Crippen molar-refractivity contribution in [2.75, 3.05) is 6.54 Å². The predicted octanol–water partition coefficient (Wildman–Crippen LogP) is 5.57. The van der Waals surface area contributed by atoms with Gasteiger partial charge in [0.2, 0.25) is 5.91 Å². The average Bonchev–Trinajstić information content (AvgIpc) is 3.21. The van der Waals surface area contributed by atoms with E-state index >= 15 is 0 Å². The first-order valence-electron chi connectivity index (χ1n) is 9.92. The molecule has 2 aromatic rings. The number of amides is 1. The Balaban J connectivity index is 1.20. The van der Waals surface area contributed by atoms with Crippen LogP contribution in [0.25, 0.3) is 10.6 Å². The number of aromatic nitrogens is 1. The van der Waals surface area contributed by atoms with E-state index < -0.39 is 0 Å². The smallest absolute Gasteiger partial charge is 0.226 e. The summed E-state index contributed by atoms with van der Waals surface area (Å²) in [4.78, 5) is 20.2. The highest BCUT2D eigenvalue weighted by Crippen LogP contribution is 2.64. The maximum Gasteiger partial charge on any atom is 0.226 e. The summed E-state index contributed by atoms with van der Waals surface area (Å²) in [7, 11) is 0. The molecule has 4 bridgehead atoms. The highest BCUT2D eigenvalue weighted by atomic mass is 79.9. The maximum atomic E-state index is 13.1. The van der Waals surface area contributed by atoms with Crippen LogP contribution in [0.5, 0.6) is 0 Å². The van der Waals surface area contributed by atoms with Crippen LogP contribution >= 0.6 is 38.6 Å². The van der Waals surface area contributed by atoms with E-state index in [1.54, 1.807) is 22.7 Å². The van der Waals surface area contributed by atoms with Gasteiger partial charge in [-0.05, 0) is 75.8 Å². The number of carbonyl (C=O) groups excluding carboxylic acids is 1. The minimum Gasteiger partial charge on any atom is -0.355 e. The number of hydrogen-bond donors (Lipinski definition) is 1. The molecule has 2 unspecified atom stereocenters. The first-order chi connectivity index (χ1) is 12.9. The fraction of sp³-hybridized carbons (Fsp3) is 0.619. The standard InChI is InChI=1S/C21H25BrN2OS2/c1-13-24-17(11-26-13)18-3-2-16(27-18)4-5-23-19(25)20-7-14-6-15(8-20)10-21(22,9-14)12-20/h2-3,11,14-15H,4-10,12H2,1H3,(H,23,25).